The fraction of sp³-hybridized carbons (Fsp3) is 0.583. The topological polar surface area (TPSA) is 82.5 Å². The number of carbonyl (C=O) groups is 2. The zero-order valence-corrected chi connectivity index (χ0v) is 11.6. The Morgan fingerprint density at radius 1 is 1.26 bits per heavy atom. The Morgan fingerprint density at radius 2 is 1.89 bits per heavy atom. The summed E-state index contributed by atoms with van der Waals surface area (Å²) in [5, 5.41) is 12.1. The van der Waals surface area contributed by atoms with Gasteiger partial charge in [0.1, 0.15) is 10.6 Å². The van der Waals surface area contributed by atoms with Gasteiger partial charge in [-0.3, -0.25) is 5.32 Å². The van der Waals surface area contributed by atoms with Crippen LogP contribution >= 0.6 is 11.5 Å². The van der Waals surface area contributed by atoms with Gasteiger partial charge in [0.05, 0.1) is 5.69 Å². The van der Waals surface area contributed by atoms with Crippen molar-refractivity contribution in [3.05, 3.63) is 11.3 Å². The number of carboxylic acids is 1. The smallest absolute Gasteiger partial charge is 0.340 e. The number of rotatable bonds is 2. The molecule has 1 aliphatic heterocycles. The lowest BCUT2D eigenvalue weighted by atomic mass is 10.2. The summed E-state index contributed by atoms with van der Waals surface area (Å²) in [4.78, 5) is 25.0. The van der Waals surface area contributed by atoms with Crippen molar-refractivity contribution in [2.75, 3.05) is 18.4 Å². The minimum Gasteiger partial charge on any atom is -0.478 e. The summed E-state index contributed by atoms with van der Waals surface area (Å²) in [5.41, 5.74) is 0.525. The Balaban J connectivity index is 2.08. The number of hydrogen-bond donors (Lipinski definition) is 2. The van der Waals surface area contributed by atoms with Gasteiger partial charge in [-0.1, -0.05) is 12.8 Å². The first-order chi connectivity index (χ1) is 9.09. The van der Waals surface area contributed by atoms with Gasteiger partial charge in [0.15, 0.2) is 0 Å². The van der Waals surface area contributed by atoms with Crippen LogP contribution in [0.2, 0.25) is 0 Å². The number of aromatic carboxylic acids is 1. The predicted octanol–water partition coefficient (Wildman–Crippen LogP) is 2.56. The largest absolute Gasteiger partial charge is 0.478 e. The maximum Gasteiger partial charge on any atom is 0.340 e. The van der Waals surface area contributed by atoms with Gasteiger partial charge < -0.3 is 10.0 Å². The SMILES string of the molecule is Cc1nsc(NC(=O)N2CCCCCC2)c1C(=O)O. The van der Waals surface area contributed by atoms with Crippen molar-refractivity contribution in [2.45, 2.75) is 32.6 Å². The molecular formula is C12H17N3O3S. The van der Waals surface area contributed by atoms with Gasteiger partial charge in [0, 0.05) is 13.1 Å². The number of anilines is 1. The number of urea groups is 1. The van der Waals surface area contributed by atoms with Crippen LogP contribution in [0.25, 0.3) is 0 Å². The third-order valence-electron chi connectivity index (χ3n) is 3.19. The van der Waals surface area contributed by atoms with E-state index in [1.165, 1.54) is 0 Å². The minimum absolute atomic E-state index is 0.0909. The van der Waals surface area contributed by atoms with Crippen molar-refractivity contribution in [1.82, 2.24) is 9.27 Å². The monoisotopic (exact) mass is 283 g/mol. The van der Waals surface area contributed by atoms with Crippen LogP contribution in [-0.2, 0) is 0 Å². The third-order valence-corrected chi connectivity index (χ3v) is 4.04. The first-order valence-electron chi connectivity index (χ1n) is 6.35. The number of carbonyl (C=O) groups excluding carboxylic acids is 1. The maximum atomic E-state index is 12.1. The van der Waals surface area contributed by atoms with Crippen molar-refractivity contribution in [2.24, 2.45) is 0 Å². The number of aryl methyl sites for hydroxylation is 1. The highest BCUT2D eigenvalue weighted by atomic mass is 32.1. The fourth-order valence-corrected chi connectivity index (χ4v) is 2.94. The molecule has 1 fully saturated rings. The number of amides is 2. The van der Waals surface area contributed by atoms with E-state index in [4.69, 9.17) is 5.11 Å². The van der Waals surface area contributed by atoms with E-state index in [1.54, 1.807) is 11.8 Å². The molecular weight excluding hydrogens is 266 g/mol. The molecule has 19 heavy (non-hydrogen) atoms. The Hall–Kier alpha value is -1.63. The molecule has 0 bridgehead atoms. The zero-order valence-electron chi connectivity index (χ0n) is 10.8. The van der Waals surface area contributed by atoms with Crippen LogP contribution in [0.1, 0.15) is 41.7 Å². The Bertz CT molecular complexity index is 479. The molecule has 2 rings (SSSR count). The highest BCUT2D eigenvalue weighted by Gasteiger charge is 2.22. The van der Waals surface area contributed by atoms with E-state index in [2.05, 4.69) is 9.69 Å². The molecule has 0 radical (unpaired) electrons. The second kappa shape index (κ2) is 6.01. The zero-order chi connectivity index (χ0) is 13.8. The van der Waals surface area contributed by atoms with Crippen LogP contribution in [0.3, 0.4) is 0 Å². The summed E-state index contributed by atoms with van der Waals surface area (Å²) in [6.07, 6.45) is 4.29. The van der Waals surface area contributed by atoms with Gasteiger partial charge in [-0.25, -0.2) is 9.59 Å². The summed E-state index contributed by atoms with van der Waals surface area (Å²) in [7, 11) is 0. The lowest BCUT2D eigenvalue weighted by Gasteiger charge is -2.20. The van der Waals surface area contributed by atoms with Crippen LogP contribution in [-0.4, -0.2) is 39.5 Å². The molecule has 0 unspecified atom stereocenters. The second-order valence-corrected chi connectivity index (χ2v) is 5.38. The molecule has 0 aromatic carbocycles. The van der Waals surface area contributed by atoms with Gasteiger partial charge in [-0.2, -0.15) is 4.37 Å². The molecule has 2 heterocycles. The second-order valence-electron chi connectivity index (χ2n) is 4.61. The van der Waals surface area contributed by atoms with Crippen molar-refractivity contribution in [3.63, 3.8) is 0 Å². The Kier molecular flexibility index (Phi) is 4.36. The van der Waals surface area contributed by atoms with Crippen molar-refractivity contribution >= 4 is 28.5 Å². The first kappa shape index (κ1) is 13.8. The predicted molar refractivity (Wildman–Crippen MR) is 72.9 cm³/mol. The summed E-state index contributed by atoms with van der Waals surface area (Å²) in [6, 6.07) is -0.229. The lowest BCUT2D eigenvalue weighted by molar-refractivity contribution is 0.0697. The number of nitrogens with one attached hydrogen (secondary N) is 1. The Labute approximate surface area is 115 Å². The molecule has 104 valence electrons. The van der Waals surface area contributed by atoms with E-state index in [0.717, 1.165) is 50.3 Å². The molecule has 0 spiro atoms. The molecule has 1 aromatic heterocycles. The van der Waals surface area contributed by atoms with Crippen molar-refractivity contribution in [3.8, 4) is 0 Å². The molecule has 7 heteroatoms. The first-order valence-corrected chi connectivity index (χ1v) is 7.12. The summed E-state index contributed by atoms with van der Waals surface area (Å²) in [6.45, 7) is 3.08. The number of likely N-dealkylation sites (tertiary alicyclic amines) is 1. The fourth-order valence-electron chi connectivity index (χ4n) is 2.16. The average molecular weight is 283 g/mol. The van der Waals surface area contributed by atoms with E-state index < -0.39 is 5.97 Å². The minimum atomic E-state index is -1.06. The van der Waals surface area contributed by atoms with E-state index >= 15 is 0 Å². The Morgan fingerprint density at radius 3 is 2.47 bits per heavy atom. The lowest BCUT2D eigenvalue weighted by Crippen LogP contribution is -2.35. The van der Waals surface area contributed by atoms with E-state index in [1.807, 2.05) is 0 Å². The summed E-state index contributed by atoms with van der Waals surface area (Å²) >= 11 is 1.01. The molecule has 1 saturated heterocycles. The molecule has 1 aromatic rings. The van der Waals surface area contributed by atoms with Crippen molar-refractivity contribution in [1.29, 1.82) is 0 Å². The third kappa shape index (κ3) is 3.23. The number of hydrogen-bond acceptors (Lipinski definition) is 4. The van der Waals surface area contributed by atoms with Crippen LogP contribution < -0.4 is 5.32 Å². The van der Waals surface area contributed by atoms with Crippen molar-refractivity contribution < 1.29 is 14.7 Å². The maximum absolute atomic E-state index is 12.1. The number of carboxylic acid groups (broad SMARTS) is 1. The number of aromatic nitrogens is 1. The van der Waals surface area contributed by atoms with Gasteiger partial charge in [0.2, 0.25) is 0 Å². The van der Waals surface area contributed by atoms with Crippen LogP contribution in [0.4, 0.5) is 9.80 Å². The molecule has 0 atom stereocenters. The molecule has 2 N–H and O–H groups in total. The molecule has 0 saturated carbocycles. The van der Waals surface area contributed by atoms with E-state index in [0.29, 0.717) is 10.7 Å². The normalized spacial score (nSPS) is 15.9. The molecule has 0 aliphatic carbocycles. The van der Waals surface area contributed by atoms with Gasteiger partial charge in [0.25, 0.3) is 0 Å². The van der Waals surface area contributed by atoms with Crippen LogP contribution in [0, 0.1) is 6.92 Å². The van der Waals surface area contributed by atoms with Crippen LogP contribution in [0.5, 0.6) is 0 Å². The molecule has 2 amide bonds. The van der Waals surface area contributed by atoms with Gasteiger partial charge in [-0.15, -0.1) is 0 Å². The highest BCUT2D eigenvalue weighted by Crippen LogP contribution is 2.25. The quantitative estimate of drug-likeness (QED) is 0.873. The summed E-state index contributed by atoms with van der Waals surface area (Å²) < 4.78 is 3.98. The standard InChI is InChI=1S/C12H17N3O3S/c1-8-9(11(16)17)10(19-14-8)13-12(18)15-6-4-2-3-5-7-15/h2-7H2,1H3,(H,13,18)(H,16,17). The highest BCUT2D eigenvalue weighted by molar-refractivity contribution is 7.11. The molecule has 1 aliphatic rings. The van der Waals surface area contributed by atoms with E-state index in [-0.39, 0.29) is 11.6 Å². The van der Waals surface area contributed by atoms with Gasteiger partial charge in [-0.05, 0) is 31.3 Å². The summed E-state index contributed by atoms with van der Waals surface area (Å²) in [5.74, 6) is -1.06. The average Bonchev–Trinajstić information content (AvgIpc) is 2.59. The number of nitrogens with zero attached hydrogens (tertiary/aromatic N) is 2. The molecule has 6 nitrogen and oxygen atoms in total. The van der Waals surface area contributed by atoms with Crippen LogP contribution in [0.15, 0.2) is 0 Å². The van der Waals surface area contributed by atoms with Gasteiger partial charge >= 0.3 is 12.0 Å². The van der Waals surface area contributed by atoms with E-state index in [9.17, 15) is 9.59 Å².